The van der Waals surface area contributed by atoms with Gasteiger partial charge in [-0.1, -0.05) is 0 Å². The van der Waals surface area contributed by atoms with Crippen LogP contribution >= 0.6 is 15.2 Å². The molecule has 13 heteroatoms. The van der Waals surface area contributed by atoms with E-state index in [2.05, 4.69) is 10.6 Å². The van der Waals surface area contributed by atoms with Gasteiger partial charge in [-0.3, -0.25) is 18.7 Å². The van der Waals surface area contributed by atoms with Crippen LogP contribution in [0.1, 0.15) is 19.8 Å². The van der Waals surface area contributed by atoms with Crippen LogP contribution in [-0.2, 0) is 18.7 Å². The maximum Gasteiger partial charge on any atom is 0.369 e. The Hall–Kier alpha value is -0.800. The molecule has 21 heavy (non-hydrogen) atoms. The molecule has 0 atom stereocenters. The summed E-state index contributed by atoms with van der Waals surface area (Å²) in [5.74, 6) is -1.02. The summed E-state index contributed by atoms with van der Waals surface area (Å²) in [7, 11) is -11.0. The molecule has 0 saturated heterocycles. The zero-order chi connectivity index (χ0) is 16.9. The highest BCUT2D eigenvalue weighted by atomic mass is 31.2. The molecule has 0 aromatic carbocycles. The van der Waals surface area contributed by atoms with Crippen molar-refractivity contribution < 1.29 is 43.4 Å². The minimum atomic E-state index is -5.48. The van der Waals surface area contributed by atoms with E-state index in [9.17, 15) is 23.8 Å². The van der Waals surface area contributed by atoms with Gasteiger partial charge in [0.1, 0.15) is 0 Å². The Kier molecular flexibility index (Phi) is 7.17. The quantitative estimate of drug-likeness (QED) is 0.192. The van der Waals surface area contributed by atoms with E-state index in [1.807, 2.05) is 0 Å². The van der Waals surface area contributed by atoms with E-state index in [4.69, 9.17) is 19.6 Å². The lowest BCUT2D eigenvalue weighted by molar-refractivity contribution is -0.125. The average molecular weight is 348 g/mol. The zero-order valence-electron chi connectivity index (χ0n) is 11.1. The molecule has 0 fully saturated rings. The van der Waals surface area contributed by atoms with Crippen LogP contribution in [0.3, 0.4) is 0 Å². The maximum atomic E-state index is 11.2. The van der Waals surface area contributed by atoms with Crippen LogP contribution in [0.15, 0.2) is 0 Å². The Morgan fingerprint density at radius 1 is 1.05 bits per heavy atom. The second-order valence-corrected chi connectivity index (χ2v) is 8.23. The fourth-order valence-corrected chi connectivity index (χ4v) is 3.54. The van der Waals surface area contributed by atoms with Crippen molar-refractivity contribution in [2.45, 2.75) is 24.8 Å². The predicted molar refractivity (Wildman–Crippen MR) is 70.0 cm³/mol. The van der Waals surface area contributed by atoms with Crippen molar-refractivity contribution in [3.8, 4) is 0 Å². The van der Waals surface area contributed by atoms with Crippen molar-refractivity contribution in [3.05, 3.63) is 0 Å². The summed E-state index contributed by atoms with van der Waals surface area (Å²) in [5, 5.41) is 10.5. The van der Waals surface area contributed by atoms with Crippen molar-refractivity contribution in [1.29, 1.82) is 0 Å². The number of nitrogens with one attached hydrogen (secondary N) is 2. The lowest BCUT2D eigenvalue weighted by Gasteiger charge is -2.29. The van der Waals surface area contributed by atoms with Crippen molar-refractivity contribution >= 4 is 27.0 Å². The summed E-state index contributed by atoms with van der Waals surface area (Å²) in [6.07, 6.45) is -1.21. The van der Waals surface area contributed by atoms with Crippen molar-refractivity contribution in [1.82, 2.24) is 10.6 Å². The fraction of sp³-hybridized carbons (Fsp3) is 0.750. The van der Waals surface area contributed by atoms with Crippen molar-refractivity contribution in [3.63, 3.8) is 0 Å². The molecule has 0 aliphatic carbocycles. The number of hydrogen-bond acceptors (Lipinski definition) is 5. The van der Waals surface area contributed by atoms with E-state index < -0.39 is 38.5 Å². The van der Waals surface area contributed by atoms with Crippen LogP contribution in [0.25, 0.3) is 0 Å². The Balaban J connectivity index is 4.43. The minimum absolute atomic E-state index is 0.194. The molecule has 124 valence electrons. The van der Waals surface area contributed by atoms with E-state index in [-0.39, 0.29) is 19.5 Å². The molecule has 7 N–H and O–H groups in total. The van der Waals surface area contributed by atoms with Gasteiger partial charge in [0.15, 0.2) is 0 Å². The molecule has 0 radical (unpaired) electrons. The van der Waals surface area contributed by atoms with E-state index in [0.29, 0.717) is 0 Å². The molecule has 0 aromatic rings. The highest BCUT2D eigenvalue weighted by molar-refractivity contribution is 7.72. The molecule has 0 unspecified atom stereocenters. The molecule has 2 amide bonds. The van der Waals surface area contributed by atoms with Gasteiger partial charge in [0, 0.05) is 19.9 Å². The molecule has 0 aliphatic rings. The molecule has 0 aromatic heterocycles. The first-order valence-corrected chi connectivity index (χ1v) is 8.88. The van der Waals surface area contributed by atoms with Crippen LogP contribution in [-0.4, -0.2) is 54.7 Å². The second kappa shape index (κ2) is 7.46. The van der Waals surface area contributed by atoms with E-state index >= 15 is 0 Å². The highest BCUT2D eigenvalue weighted by Crippen LogP contribution is 2.69. The fourth-order valence-electron chi connectivity index (χ4n) is 1.28. The Bertz CT molecular complexity index is 460. The van der Waals surface area contributed by atoms with E-state index in [1.54, 1.807) is 0 Å². The molecule has 0 heterocycles. The van der Waals surface area contributed by atoms with Crippen LogP contribution in [0.4, 0.5) is 0 Å². The van der Waals surface area contributed by atoms with Gasteiger partial charge in [-0.2, -0.15) is 0 Å². The first-order chi connectivity index (χ1) is 9.31. The van der Waals surface area contributed by atoms with Crippen molar-refractivity contribution in [2.75, 3.05) is 13.1 Å². The monoisotopic (exact) mass is 348 g/mol. The Morgan fingerprint density at radius 3 is 1.90 bits per heavy atom. The second-order valence-electron chi connectivity index (χ2n) is 4.23. The van der Waals surface area contributed by atoms with Crippen LogP contribution in [0.2, 0.25) is 0 Å². The summed E-state index contributed by atoms with van der Waals surface area (Å²) in [6, 6.07) is 0. The molecule has 0 spiro atoms. The molecule has 0 bridgehead atoms. The van der Waals surface area contributed by atoms with Crippen LogP contribution < -0.4 is 10.6 Å². The number of amides is 2. The first-order valence-electron chi connectivity index (χ1n) is 5.66. The van der Waals surface area contributed by atoms with Gasteiger partial charge in [-0.05, 0) is 6.42 Å². The molecular formula is C8H18N2O9P2. The maximum absolute atomic E-state index is 11.2. The Labute approximate surface area is 120 Å². The summed E-state index contributed by atoms with van der Waals surface area (Å²) in [5.41, 5.74) is 0. The third kappa shape index (κ3) is 6.23. The van der Waals surface area contributed by atoms with Gasteiger partial charge in [0.25, 0.3) is 5.08 Å². The Morgan fingerprint density at radius 2 is 1.52 bits per heavy atom. The normalized spacial score (nSPS) is 12.9. The van der Waals surface area contributed by atoms with Crippen molar-refractivity contribution in [2.24, 2.45) is 0 Å². The predicted octanol–water partition coefficient (Wildman–Crippen LogP) is -1.98. The molecule has 0 rings (SSSR count). The largest absolute Gasteiger partial charge is 0.369 e. The van der Waals surface area contributed by atoms with Gasteiger partial charge in [-0.15, -0.1) is 0 Å². The number of rotatable bonds is 8. The SMILES string of the molecule is CC(=O)NCC(=O)NCCCC(O)(P(=O)(O)O)P(=O)(O)O. The van der Waals surface area contributed by atoms with E-state index in [1.165, 1.54) is 6.92 Å². The standard InChI is InChI=1S/C8H18N2O9P2/c1-6(11)10-5-7(12)9-4-2-3-8(13,20(14,15)16)21(17,18)19/h13H,2-5H2,1H3,(H,9,12)(H,10,11)(H2,14,15,16)(H2,17,18,19). The molecule has 0 aliphatic heterocycles. The summed E-state index contributed by atoms with van der Waals surface area (Å²) < 4.78 is 22.0. The van der Waals surface area contributed by atoms with Gasteiger partial charge >= 0.3 is 15.2 Å². The van der Waals surface area contributed by atoms with Gasteiger partial charge in [0.2, 0.25) is 11.8 Å². The average Bonchev–Trinajstić information content (AvgIpc) is 2.28. The van der Waals surface area contributed by atoms with Crippen LogP contribution in [0, 0.1) is 0 Å². The summed E-state index contributed by atoms with van der Waals surface area (Å²) in [4.78, 5) is 57.1. The smallest absolute Gasteiger partial charge is 0.368 e. The third-order valence-corrected chi connectivity index (χ3v) is 6.32. The molecule has 11 nitrogen and oxygen atoms in total. The lowest BCUT2D eigenvalue weighted by Crippen LogP contribution is -2.37. The highest BCUT2D eigenvalue weighted by Gasteiger charge is 2.58. The number of aliphatic hydroxyl groups is 1. The number of carbonyl (C=O) groups excluding carboxylic acids is 2. The summed E-state index contributed by atoms with van der Waals surface area (Å²) in [6.45, 7) is 0.699. The van der Waals surface area contributed by atoms with Gasteiger partial charge in [0.05, 0.1) is 6.54 Å². The van der Waals surface area contributed by atoms with Gasteiger partial charge in [-0.25, -0.2) is 0 Å². The number of carbonyl (C=O) groups is 2. The zero-order valence-corrected chi connectivity index (χ0v) is 12.9. The number of hydrogen-bond donors (Lipinski definition) is 7. The molecular weight excluding hydrogens is 330 g/mol. The van der Waals surface area contributed by atoms with Gasteiger partial charge < -0.3 is 35.3 Å². The third-order valence-electron chi connectivity index (χ3n) is 2.44. The van der Waals surface area contributed by atoms with Crippen LogP contribution in [0.5, 0.6) is 0 Å². The lowest BCUT2D eigenvalue weighted by atomic mass is 10.3. The van der Waals surface area contributed by atoms with E-state index in [0.717, 1.165) is 0 Å². The molecule has 0 saturated carbocycles. The summed E-state index contributed by atoms with van der Waals surface area (Å²) >= 11 is 0. The topological polar surface area (TPSA) is 193 Å². The first kappa shape index (κ1) is 20.2. The minimum Gasteiger partial charge on any atom is -0.368 e.